The highest BCUT2D eigenvalue weighted by atomic mass is 15.2. The molecule has 0 atom stereocenters. The van der Waals surface area contributed by atoms with E-state index in [9.17, 15) is 0 Å². The maximum Gasteiger partial charge on any atom is 0.270 e. The number of benzene rings is 1. The summed E-state index contributed by atoms with van der Waals surface area (Å²) in [5.41, 5.74) is 5.47. The lowest BCUT2D eigenvalue weighted by Gasteiger charge is -1.98. The van der Waals surface area contributed by atoms with E-state index in [2.05, 4.69) is 15.6 Å². The molecule has 1 aromatic carbocycles. The zero-order valence-electron chi connectivity index (χ0n) is 14.5. The SMILES string of the molecule is [2H]C([2H])([2H])[n+]1c2n(c3c4ncccc4n(C)c31)Cc1ccccc1-2. The zero-order valence-corrected chi connectivity index (χ0v) is 11.5. The smallest absolute Gasteiger partial charge is 0.257 e. The van der Waals surface area contributed by atoms with Crippen LogP contribution in [0.1, 0.15) is 9.68 Å². The Balaban J connectivity index is 2.05. The van der Waals surface area contributed by atoms with Gasteiger partial charge >= 0.3 is 0 Å². The van der Waals surface area contributed by atoms with Crippen molar-refractivity contribution in [3.63, 3.8) is 0 Å². The van der Waals surface area contributed by atoms with Crippen molar-refractivity contribution in [1.29, 1.82) is 0 Å². The number of hydrogen-bond acceptors (Lipinski definition) is 1. The van der Waals surface area contributed by atoms with Crippen molar-refractivity contribution in [3.8, 4) is 11.4 Å². The van der Waals surface area contributed by atoms with Gasteiger partial charge in [-0.1, -0.05) is 18.2 Å². The molecule has 0 aliphatic carbocycles. The Kier molecular flexibility index (Phi) is 1.45. The van der Waals surface area contributed by atoms with Crippen LogP contribution in [0.25, 0.3) is 33.6 Å². The fourth-order valence-corrected chi connectivity index (χ4v) is 3.53. The van der Waals surface area contributed by atoms with Crippen molar-refractivity contribution in [1.82, 2.24) is 14.1 Å². The highest BCUT2D eigenvalue weighted by Crippen LogP contribution is 2.36. The quantitative estimate of drug-likeness (QED) is 0.399. The molecule has 4 heteroatoms. The second-order valence-corrected chi connectivity index (χ2v) is 5.50. The van der Waals surface area contributed by atoms with Crippen molar-refractivity contribution in [2.45, 2.75) is 6.54 Å². The summed E-state index contributed by atoms with van der Waals surface area (Å²) >= 11 is 0. The largest absolute Gasteiger partial charge is 0.270 e. The molecule has 0 fully saturated rings. The number of aromatic nitrogens is 4. The van der Waals surface area contributed by atoms with Crippen molar-refractivity contribution in [2.24, 2.45) is 14.0 Å². The van der Waals surface area contributed by atoms with Gasteiger partial charge in [-0.05, 0) is 23.8 Å². The summed E-state index contributed by atoms with van der Waals surface area (Å²) in [7, 11) is 1.90. The number of pyridine rings is 1. The molecule has 0 unspecified atom stereocenters. The molecule has 0 saturated carbocycles. The highest BCUT2D eigenvalue weighted by molar-refractivity contribution is 6.02. The van der Waals surface area contributed by atoms with E-state index in [1.54, 1.807) is 6.20 Å². The van der Waals surface area contributed by atoms with Gasteiger partial charge in [0, 0.05) is 6.20 Å². The second-order valence-electron chi connectivity index (χ2n) is 5.50. The van der Waals surface area contributed by atoms with Crippen molar-refractivity contribution < 1.29 is 8.68 Å². The molecule has 5 rings (SSSR count). The first-order chi connectivity index (χ1) is 11.5. The summed E-state index contributed by atoms with van der Waals surface area (Å²) in [5.74, 6) is 0.735. The average Bonchev–Trinajstić information content (AvgIpc) is 3.15. The van der Waals surface area contributed by atoms with E-state index in [1.807, 2.05) is 41.9 Å². The van der Waals surface area contributed by atoms with E-state index in [0.717, 1.165) is 33.5 Å². The molecule has 0 bridgehead atoms. The van der Waals surface area contributed by atoms with Crippen LogP contribution in [-0.4, -0.2) is 14.1 Å². The Morgan fingerprint density at radius 3 is 3.05 bits per heavy atom. The van der Waals surface area contributed by atoms with Gasteiger partial charge in [0.25, 0.3) is 5.65 Å². The number of nitrogens with zero attached hydrogens (tertiary/aromatic N) is 4. The molecule has 4 nitrogen and oxygen atoms in total. The van der Waals surface area contributed by atoms with Gasteiger partial charge < -0.3 is 0 Å². The minimum atomic E-state index is -2.27. The lowest BCUT2D eigenvalue weighted by molar-refractivity contribution is -0.636. The first-order valence-corrected chi connectivity index (χ1v) is 6.95. The first-order valence-electron chi connectivity index (χ1n) is 8.45. The zero-order chi connectivity index (χ0) is 16.6. The van der Waals surface area contributed by atoms with Gasteiger partial charge in [-0.15, -0.1) is 0 Å². The van der Waals surface area contributed by atoms with Gasteiger partial charge in [0.1, 0.15) is 11.0 Å². The van der Waals surface area contributed by atoms with Gasteiger partial charge in [0.05, 0.1) is 30.2 Å². The van der Waals surface area contributed by atoms with E-state index in [1.165, 1.54) is 4.57 Å². The lowest BCUT2D eigenvalue weighted by atomic mass is 10.1. The van der Waals surface area contributed by atoms with Crippen LogP contribution < -0.4 is 4.57 Å². The third-order valence-electron chi connectivity index (χ3n) is 4.44. The molecule has 4 aromatic rings. The van der Waals surface area contributed by atoms with Crippen molar-refractivity contribution in [3.05, 3.63) is 48.2 Å². The van der Waals surface area contributed by atoms with E-state index >= 15 is 0 Å². The molecule has 1 aliphatic rings. The number of imidazole rings is 1. The maximum atomic E-state index is 8.10. The summed E-state index contributed by atoms with van der Waals surface area (Å²) in [6.07, 6.45) is 1.75. The third kappa shape index (κ3) is 1.17. The van der Waals surface area contributed by atoms with Crippen LogP contribution >= 0.6 is 0 Å². The molecule has 0 amide bonds. The number of aryl methyl sites for hydroxylation is 2. The average molecular weight is 278 g/mol. The maximum absolute atomic E-state index is 8.10. The summed E-state index contributed by atoms with van der Waals surface area (Å²) < 4.78 is 29.8. The van der Waals surface area contributed by atoms with Gasteiger partial charge in [0.15, 0.2) is 0 Å². The van der Waals surface area contributed by atoms with Crippen molar-refractivity contribution in [2.75, 3.05) is 0 Å². The fraction of sp³-hybridized carbons (Fsp3) is 0.176. The molecule has 21 heavy (non-hydrogen) atoms. The fourth-order valence-electron chi connectivity index (χ4n) is 3.53. The van der Waals surface area contributed by atoms with Crippen LogP contribution in [0.5, 0.6) is 0 Å². The normalized spacial score (nSPS) is 15.8. The first kappa shape index (κ1) is 8.62. The number of fused-ring (bicyclic) bond motifs is 7. The monoisotopic (exact) mass is 278 g/mol. The van der Waals surface area contributed by atoms with Crippen LogP contribution in [0.3, 0.4) is 0 Å². The Morgan fingerprint density at radius 2 is 2.14 bits per heavy atom. The van der Waals surface area contributed by atoms with Gasteiger partial charge in [-0.25, -0.2) is 14.1 Å². The summed E-state index contributed by atoms with van der Waals surface area (Å²) in [5, 5.41) is 0. The third-order valence-corrected chi connectivity index (χ3v) is 4.44. The van der Waals surface area contributed by atoms with Crippen LogP contribution in [0.2, 0.25) is 0 Å². The Bertz CT molecular complexity index is 1130. The number of rotatable bonds is 0. The molecule has 0 N–H and O–H groups in total. The summed E-state index contributed by atoms with van der Waals surface area (Å²) in [6.45, 7) is -1.60. The minimum absolute atomic E-state index is 0.667. The predicted molar refractivity (Wildman–Crippen MR) is 81.9 cm³/mol. The Hall–Kier alpha value is -2.62. The number of hydrogen-bond donors (Lipinski definition) is 0. The highest BCUT2D eigenvalue weighted by Gasteiger charge is 2.34. The topological polar surface area (TPSA) is 26.6 Å². The molecular weight excluding hydrogens is 260 g/mol. The van der Waals surface area contributed by atoms with Crippen LogP contribution in [0.15, 0.2) is 42.6 Å². The van der Waals surface area contributed by atoms with Crippen LogP contribution in [-0.2, 0) is 20.6 Å². The van der Waals surface area contributed by atoms with Crippen LogP contribution in [0, 0.1) is 0 Å². The molecule has 0 spiro atoms. The Morgan fingerprint density at radius 1 is 1.24 bits per heavy atom. The van der Waals surface area contributed by atoms with E-state index in [0.29, 0.717) is 12.2 Å². The van der Waals surface area contributed by atoms with Crippen molar-refractivity contribution >= 4 is 22.2 Å². The Labute approximate surface area is 126 Å². The van der Waals surface area contributed by atoms with Gasteiger partial charge in [-0.3, -0.25) is 4.57 Å². The minimum Gasteiger partial charge on any atom is -0.257 e. The molecule has 102 valence electrons. The molecule has 1 aliphatic heterocycles. The van der Waals surface area contributed by atoms with E-state index in [-0.39, 0.29) is 0 Å². The lowest BCUT2D eigenvalue weighted by Crippen LogP contribution is -2.31. The van der Waals surface area contributed by atoms with Crippen LogP contribution in [0.4, 0.5) is 0 Å². The summed E-state index contributed by atoms with van der Waals surface area (Å²) in [4.78, 5) is 4.53. The van der Waals surface area contributed by atoms with Gasteiger partial charge in [0.2, 0.25) is 11.3 Å². The standard InChI is InChI=1S/C17H15N4/c1-19-13-8-5-9-18-14(13)15-17(19)20(2)16-12-7-4-3-6-11(12)10-21(15)16/h3-9H,10H2,1-2H3/q+1/i2D3. The van der Waals surface area contributed by atoms with E-state index < -0.39 is 6.98 Å². The van der Waals surface area contributed by atoms with Gasteiger partial charge in [-0.2, -0.15) is 0 Å². The molecule has 3 aromatic heterocycles. The molecule has 0 saturated heterocycles. The molecular formula is C17H15N4+. The second kappa shape index (κ2) is 3.52. The predicted octanol–water partition coefficient (Wildman–Crippen LogP) is 2.38. The summed E-state index contributed by atoms with van der Waals surface area (Å²) in [6, 6.07) is 11.8. The molecule has 0 radical (unpaired) electrons. The molecule has 4 heterocycles. The van der Waals surface area contributed by atoms with E-state index in [4.69, 9.17) is 4.11 Å².